The Hall–Kier alpha value is 0.490. The average Bonchev–Trinajstić information content (AvgIpc) is 1.97. The zero-order valence-electron chi connectivity index (χ0n) is 4.83. The van der Waals surface area contributed by atoms with Gasteiger partial charge in [-0.2, -0.15) is 0 Å². The monoisotopic (exact) mass is 320 g/mol. The third-order valence-corrected chi connectivity index (χ3v) is 3.81. The lowest BCUT2D eigenvalue weighted by molar-refractivity contribution is 0.482. The highest BCUT2D eigenvalue weighted by Gasteiger charge is 2.12. The van der Waals surface area contributed by atoms with E-state index in [1.807, 2.05) is 0 Å². The van der Waals surface area contributed by atoms with Gasteiger partial charge in [0, 0.05) is 0 Å². The normalized spacial score (nSPS) is 10.2. The van der Waals surface area contributed by atoms with Crippen LogP contribution in [-0.4, -0.2) is 0 Å². The van der Waals surface area contributed by atoms with E-state index in [0.717, 1.165) is 0 Å². The van der Waals surface area contributed by atoms with Gasteiger partial charge in [0.15, 0.2) is 4.67 Å². The molecule has 11 heavy (non-hydrogen) atoms. The van der Waals surface area contributed by atoms with Crippen LogP contribution < -0.4 is 5.63 Å². The zero-order valence-corrected chi connectivity index (χ0v) is 9.51. The van der Waals surface area contributed by atoms with Crippen LogP contribution in [0.5, 0.6) is 0 Å². The van der Waals surface area contributed by atoms with Crippen LogP contribution in [0.3, 0.4) is 0 Å². The van der Waals surface area contributed by atoms with Gasteiger partial charge in [0.1, 0.15) is 5.02 Å². The van der Waals surface area contributed by atoms with E-state index in [4.69, 9.17) is 23.2 Å². The Morgan fingerprint density at radius 2 is 1.73 bits per heavy atom. The Morgan fingerprint density at radius 1 is 1.18 bits per heavy atom. The molecule has 0 saturated carbocycles. The number of rotatable bonds is 0. The molecule has 0 amide bonds. The summed E-state index contributed by atoms with van der Waals surface area (Å²) in [4.78, 5) is 10.8. The van der Waals surface area contributed by atoms with E-state index in [9.17, 15) is 4.79 Å². The molecule has 0 unspecified atom stereocenters. The van der Waals surface area contributed by atoms with E-state index in [0.29, 0.717) is 4.47 Å². The fourth-order valence-corrected chi connectivity index (χ4v) is 1.59. The van der Waals surface area contributed by atoms with Crippen molar-refractivity contribution < 1.29 is 4.42 Å². The van der Waals surface area contributed by atoms with E-state index < -0.39 is 5.63 Å². The first kappa shape index (κ1) is 9.58. The fourth-order valence-electron chi connectivity index (χ4n) is 0.443. The Labute approximate surface area is 88.7 Å². The topological polar surface area (TPSA) is 30.2 Å². The molecule has 0 N–H and O–H groups in total. The third-order valence-electron chi connectivity index (χ3n) is 0.919. The third kappa shape index (κ3) is 1.80. The Kier molecular flexibility index (Phi) is 3.02. The SMILES string of the molecule is O=c1oc(Br)c(Br)c(Cl)c1Cl. The highest BCUT2D eigenvalue weighted by Crippen LogP contribution is 2.33. The van der Waals surface area contributed by atoms with Gasteiger partial charge in [-0.05, 0) is 31.9 Å². The van der Waals surface area contributed by atoms with Crippen molar-refractivity contribution in [1.82, 2.24) is 0 Å². The summed E-state index contributed by atoms with van der Waals surface area (Å²) in [7, 11) is 0. The molecule has 0 radical (unpaired) electrons. The van der Waals surface area contributed by atoms with E-state index in [1.165, 1.54) is 0 Å². The second-order valence-corrected chi connectivity index (χ2v) is 3.87. The summed E-state index contributed by atoms with van der Waals surface area (Å²) in [5.74, 6) is 0. The van der Waals surface area contributed by atoms with Crippen molar-refractivity contribution in [3.63, 3.8) is 0 Å². The van der Waals surface area contributed by atoms with Crippen LogP contribution in [0.25, 0.3) is 0 Å². The first-order valence-corrected chi connectivity index (χ1v) is 4.71. The lowest BCUT2D eigenvalue weighted by Gasteiger charge is -1.97. The van der Waals surface area contributed by atoms with Crippen LogP contribution in [0.4, 0.5) is 0 Å². The van der Waals surface area contributed by atoms with Crippen molar-refractivity contribution in [3.05, 3.63) is 29.6 Å². The summed E-state index contributed by atoms with van der Waals surface area (Å²) in [6.07, 6.45) is 0. The summed E-state index contributed by atoms with van der Waals surface area (Å²) < 4.78 is 5.28. The average molecular weight is 323 g/mol. The maximum atomic E-state index is 10.8. The molecular formula is C5Br2Cl2O2. The first-order chi connectivity index (χ1) is 5.04. The molecule has 2 nitrogen and oxygen atoms in total. The summed E-state index contributed by atoms with van der Waals surface area (Å²) in [5.41, 5.74) is -0.660. The molecule has 6 heteroatoms. The van der Waals surface area contributed by atoms with Crippen LogP contribution in [0.15, 0.2) is 18.4 Å². The van der Waals surface area contributed by atoms with Crippen LogP contribution in [0.1, 0.15) is 0 Å². The van der Waals surface area contributed by atoms with Crippen LogP contribution in [0.2, 0.25) is 10.0 Å². The Morgan fingerprint density at radius 3 is 2.27 bits per heavy atom. The van der Waals surface area contributed by atoms with E-state index >= 15 is 0 Å². The minimum atomic E-state index is -0.660. The Bertz CT molecular complexity index is 347. The minimum absolute atomic E-state index is 0.123. The summed E-state index contributed by atoms with van der Waals surface area (Å²) >= 11 is 17.1. The van der Waals surface area contributed by atoms with E-state index in [-0.39, 0.29) is 14.7 Å². The lowest BCUT2D eigenvalue weighted by Crippen LogP contribution is -1.99. The van der Waals surface area contributed by atoms with Gasteiger partial charge in [-0.25, -0.2) is 4.79 Å². The van der Waals surface area contributed by atoms with Gasteiger partial charge >= 0.3 is 5.63 Å². The second kappa shape index (κ2) is 3.47. The van der Waals surface area contributed by atoms with Crippen molar-refractivity contribution in [2.75, 3.05) is 0 Å². The van der Waals surface area contributed by atoms with Gasteiger partial charge in [-0.3, -0.25) is 0 Å². The number of hydrogen-bond acceptors (Lipinski definition) is 2. The van der Waals surface area contributed by atoms with Gasteiger partial charge in [0.05, 0.1) is 9.50 Å². The van der Waals surface area contributed by atoms with E-state index in [1.54, 1.807) is 0 Å². The highest BCUT2D eigenvalue weighted by atomic mass is 79.9. The number of halogens is 4. The van der Waals surface area contributed by atoms with Crippen molar-refractivity contribution >= 4 is 55.1 Å². The van der Waals surface area contributed by atoms with Gasteiger partial charge < -0.3 is 4.42 Å². The molecule has 1 rings (SSSR count). The number of hydrogen-bond donors (Lipinski definition) is 0. The van der Waals surface area contributed by atoms with Crippen molar-refractivity contribution in [1.29, 1.82) is 0 Å². The van der Waals surface area contributed by atoms with Crippen molar-refractivity contribution in [2.24, 2.45) is 0 Å². The largest absolute Gasteiger partial charge is 0.413 e. The summed E-state index contributed by atoms with van der Waals surface area (Å²) in [6.45, 7) is 0. The van der Waals surface area contributed by atoms with Gasteiger partial charge in [0.25, 0.3) is 0 Å². The van der Waals surface area contributed by atoms with Gasteiger partial charge in [0.2, 0.25) is 0 Å². The minimum Gasteiger partial charge on any atom is -0.413 e. The zero-order chi connectivity index (χ0) is 8.59. The highest BCUT2D eigenvalue weighted by molar-refractivity contribution is 9.13. The fraction of sp³-hybridized carbons (Fsp3) is 0. The molecule has 1 heterocycles. The molecule has 0 aliphatic rings. The van der Waals surface area contributed by atoms with Gasteiger partial charge in [-0.1, -0.05) is 23.2 Å². The molecule has 0 aliphatic carbocycles. The van der Waals surface area contributed by atoms with Crippen LogP contribution >= 0.6 is 55.1 Å². The molecule has 0 spiro atoms. The first-order valence-electron chi connectivity index (χ1n) is 2.37. The molecule has 0 saturated heterocycles. The quantitative estimate of drug-likeness (QED) is 0.732. The lowest BCUT2D eigenvalue weighted by atomic mass is 10.5. The summed E-state index contributed by atoms with van der Waals surface area (Å²) in [6, 6.07) is 0. The maximum absolute atomic E-state index is 10.8. The molecule has 1 aromatic rings. The predicted octanol–water partition coefficient (Wildman–Crippen LogP) is 3.47. The molecular weight excluding hydrogens is 323 g/mol. The smallest absolute Gasteiger partial charge is 0.357 e. The summed E-state index contributed by atoms with van der Waals surface area (Å²) in [5, 5.41) is 0.0246. The molecule has 0 fully saturated rings. The maximum Gasteiger partial charge on any atom is 0.357 e. The standard InChI is InChI=1S/C5Br2Cl2O2/c6-1-2(8)3(9)5(10)11-4(1)7. The van der Waals surface area contributed by atoms with Crippen LogP contribution in [0, 0.1) is 0 Å². The van der Waals surface area contributed by atoms with Gasteiger partial charge in [-0.15, -0.1) is 0 Å². The van der Waals surface area contributed by atoms with Crippen molar-refractivity contribution in [3.8, 4) is 0 Å². The van der Waals surface area contributed by atoms with Crippen LogP contribution in [-0.2, 0) is 0 Å². The van der Waals surface area contributed by atoms with Crippen molar-refractivity contribution in [2.45, 2.75) is 0 Å². The molecule has 1 aromatic heterocycles. The van der Waals surface area contributed by atoms with E-state index in [2.05, 4.69) is 36.3 Å². The second-order valence-electron chi connectivity index (χ2n) is 1.61. The molecule has 0 aromatic carbocycles. The predicted molar refractivity (Wildman–Crippen MR) is 50.4 cm³/mol. The molecule has 60 valence electrons. The molecule has 0 atom stereocenters. The molecule has 0 aliphatic heterocycles. The molecule has 0 bridgehead atoms. The Balaban J connectivity index is 3.59.